The average molecular weight is 467 g/mol. The quantitative estimate of drug-likeness (QED) is 0.630. The van der Waals surface area contributed by atoms with Crippen molar-refractivity contribution >= 4 is 37.8 Å². The highest BCUT2D eigenvalue weighted by Gasteiger charge is 2.30. The Hall–Kier alpha value is -2.23. The summed E-state index contributed by atoms with van der Waals surface area (Å²) in [7, 11) is -3.57. The molecule has 1 saturated heterocycles. The number of carbonyl (C=O) groups is 2. The zero-order chi connectivity index (χ0) is 20.1. The molecule has 2 aromatic carbocycles. The number of carbonyl (C=O) groups excluding carboxylic acids is 2. The first-order valence-corrected chi connectivity index (χ1v) is 10.9. The molecule has 9 heteroatoms. The third-order valence-corrected chi connectivity index (χ3v) is 6.77. The van der Waals surface area contributed by atoms with Crippen LogP contribution in [0.25, 0.3) is 0 Å². The van der Waals surface area contributed by atoms with E-state index in [1.165, 1.54) is 9.21 Å². The molecule has 1 amide bonds. The van der Waals surface area contributed by atoms with Crippen molar-refractivity contribution in [2.75, 3.05) is 32.8 Å². The maximum absolute atomic E-state index is 12.6. The molecule has 0 bridgehead atoms. The molecule has 1 fully saturated rings. The number of amides is 1. The highest BCUT2D eigenvalue weighted by atomic mass is 79.9. The smallest absolute Gasteiger partial charge is 0.338 e. The minimum Gasteiger partial charge on any atom is -0.452 e. The van der Waals surface area contributed by atoms with Crippen LogP contribution in [0.2, 0.25) is 0 Å². The number of ether oxygens (including phenoxy) is 1. The van der Waals surface area contributed by atoms with Gasteiger partial charge in [0, 0.05) is 30.7 Å². The Labute approximate surface area is 172 Å². The minimum atomic E-state index is -3.57. The maximum Gasteiger partial charge on any atom is 0.338 e. The van der Waals surface area contributed by atoms with Gasteiger partial charge in [-0.15, -0.1) is 0 Å². The molecular formula is C19H19BrN2O5S. The van der Waals surface area contributed by atoms with Gasteiger partial charge in [0.25, 0.3) is 5.91 Å². The number of piperazine rings is 1. The second kappa shape index (κ2) is 8.85. The molecule has 0 radical (unpaired) electrons. The van der Waals surface area contributed by atoms with Crippen LogP contribution >= 0.6 is 15.9 Å². The summed E-state index contributed by atoms with van der Waals surface area (Å²) in [5.41, 5.74) is 0.348. The third-order valence-electron chi connectivity index (χ3n) is 4.36. The lowest BCUT2D eigenvalue weighted by atomic mass is 10.2. The molecule has 1 aliphatic heterocycles. The Kier molecular flexibility index (Phi) is 6.48. The number of hydrogen-bond acceptors (Lipinski definition) is 5. The van der Waals surface area contributed by atoms with Gasteiger partial charge in [0.05, 0.1) is 10.5 Å². The maximum atomic E-state index is 12.6. The number of hydrogen-bond donors (Lipinski definition) is 0. The van der Waals surface area contributed by atoms with Crippen LogP contribution in [0.1, 0.15) is 10.4 Å². The van der Waals surface area contributed by atoms with Gasteiger partial charge < -0.3 is 9.64 Å². The molecule has 2 aromatic rings. The SMILES string of the molecule is O=C(OCC(=O)N1CCN(S(=O)(=O)c2ccccc2)CC1)c1cccc(Br)c1. The molecule has 0 aromatic heterocycles. The number of nitrogens with zero attached hydrogens (tertiary/aromatic N) is 2. The van der Waals surface area contributed by atoms with Crippen LogP contribution in [0.15, 0.2) is 64.0 Å². The Morgan fingerprint density at radius 1 is 0.964 bits per heavy atom. The molecule has 0 unspecified atom stereocenters. The molecule has 28 heavy (non-hydrogen) atoms. The lowest BCUT2D eigenvalue weighted by Crippen LogP contribution is -2.51. The normalized spacial score (nSPS) is 15.2. The van der Waals surface area contributed by atoms with Crippen molar-refractivity contribution in [1.82, 2.24) is 9.21 Å². The summed E-state index contributed by atoms with van der Waals surface area (Å²) in [6.07, 6.45) is 0. The predicted octanol–water partition coefficient (Wildman–Crippen LogP) is 2.14. The number of sulfonamides is 1. The average Bonchev–Trinajstić information content (AvgIpc) is 2.72. The monoisotopic (exact) mass is 466 g/mol. The van der Waals surface area contributed by atoms with Crippen molar-refractivity contribution in [3.05, 3.63) is 64.6 Å². The second-order valence-electron chi connectivity index (χ2n) is 6.18. The van der Waals surface area contributed by atoms with Crippen LogP contribution in [0.3, 0.4) is 0 Å². The molecule has 0 atom stereocenters. The number of benzene rings is 2. The summed E-state index contributed by atoms with van der Waals surface area (Å²) < 4.78 is 32.4. The minimum absolute atomic E-state index is 0.197. The molecule has 7 nitrogen and oxygen atoms in total. The molecule has 0 saturated carbocycles. The summed E-state index contributed by atoms with van der Waals surface area (Å²) in [4.78, 5) is 26.1. The van der Waals surface area contributed by atoms with Crippen molar-refractivity contribution in [2.24, 2.45) is 0 Å². The Bertz CT molecular complexity index is 957. The fourth-order valence-electron chi connectivity index (χ4n) is 2.84. The van der Waals surface area contributed by atoms with E-state index in [1.54, 1.807) is 54.6 Å². The van der Waals surface area contributed by atoms with E-state index < -0.39 is 16.0 Å². The summed E-state index contributed by atoms with van der Waals surface area (Å²) in [6.45, 7) is 0.514. The molecule has 148 valence electrons. The third kappa shape index (κ3) is 4.78. The van der Waals surface area contributed by atoms with E-state index in [0.29, 0.717) is 5.56 Å². The van der Waals surface area contributed by atoms with E-state index in [1.807, 2.05) is 0 Å². The van der Waals surface area contributed by atoms with Crippen LogP contribution in [-0.4, -0.2) is 62.3 Å². The van der Waals surface area contributed by atoms with E-state index in [2.05, 4.69) is 15.9 Å². The summed E-state index contributed by atoms with van der Waals surface area (Å²) in [5.74, 6) is -0.931. The van der Waals surface area contributed by atoms with Crippen molar-refractivity contribution in [3.63, 3.8) is 0 Å². The highest BCUT2D eigenvalue weighted by Crippen LogP contribution is 2.17. The molecule has 0 spiro atoms. The fourth-order valence-corrected chi connectivity index (χ4v) is 4.68. The van der Waals surface area contributed by atoms with Crippen LogP contribution in [-0.2, 0) is 19.6 Å². The van der Waals surface area contributed by atoms with E-state index in [4.69, 9.17) is 4.74 Å². The summed E-state index contributed by atoms with van der Waals surface area (Å²) in [5, 5.41) is 0. The molecule has 1 heterocycles. The Morgan fingerprint density at radius 3 is 2.29 bits per heavy atom. The number of rotatable bonds is 5. The first-order valence-electron chi connectivity index (χ1n) is 8.63. The topological polar surface area (TPSA) is 84.0 Å². The Balaban J connectivity index is 1.52. The molecule has 0 aliphatic carbocycles. The van der Waals surface area contributed by atoms with Crippen molar-refractivity contribution in [1.29, 1.82) is 0 Å². The van der Waals surface area contributed by atoms with Gasteiger partial charge in [0.2, 0.25) is 10.0 Å². The lowest BCUT2D eigenvalue weighted by Gasteiger charge is -2.33. The van der Waals surface area contributed by atoms with E-state index in [9.17, 15) is 18.0 Å². The Morgan fingerprint density at radius 2 is 1.64 bits per heavy atom. The molecular weight excluding hydrogens is 448 g/mol. The largest absolute Gasteiger partial charge is 0.452 e. The second-order valence-corrected chi connectivity index (χ2v) is 9.04. The standard InChI is InChI=1S/C19H19BrN2O5S/c20-16-6-4-5-15(13-16)19(24)27-14-18(23)21-9-11-22(12-10-21)28(25,26)17-7-2-1-3-8-17/h1-8,13H,9-12,14H2. The van der Waals surface area contributed by atoms with Crippen LogP contribution in [0.4, 0.5) is 0 Å². The predicted molar refractivity (Wildman–Crippen MR) is 106 cm³/mol. The highest BCUT2D eigenvalue weighted by molar-refractivity contribution is 9.10. The first-order chi connectivity index (χ1) is 13.4. The summed E-state index contributed by atoms with van der Waals surface area (Å²) >= 11 is 3.27. The van der Waals surface area contributed by atoms with Crippen LogP contribution < -0.4 is 0 Å². The first kappa shape index (κ1) is 20.5. The zero-order valence-electron chi connectivity index (χ0n) is 15.0. The van der Waals surface area contributed by atoms with Gasteiger partial charge in [0.1, 0.15) is 0 Å². The van der Waals surface area contributed by atoms with E-state index >= 15 is 0 Å². The molecule has 3 rings (SSSR count). The lowest BCUT2D eigenvalue weighted by molar-refractivity contribution is -0.135. The number of halogens is 1. The van der Waals surface area contributed by atoms with E-state index in [0.717, 1.165) is 4.47 Å². The van der Waals surface area contributed by atoms with Crippen molar-refractivity contribution in [3.8, 4) is 0 Å². The number of esters is 1. The van der Waals surface area contributed by atoms with Gasteiger partial charge in [-0.05, 0) is 30.3 Å². The van der Waals surface area contributed by atoms with Crippen LogP contribution in [0.5, 0.6) is 0 Å². The van der Waals surface area contributed by atoms with Gasteiger partial charge in [0.15, 0.2) is 6.61 Å². The van der Waals surface area contributed by atoms with Crippen molar-refractivity contribution in [2.45, 2.75) is 4.90 Å². The van der Waals surface area contributed by atoms with Gasteiger partial charge in [-0.3, -0.25) is 4.79 Å². The van der Waals surface area contributed by atoms with Gasteiger partial charge in [-0.25, -0.2) is 13.2 Å². The fraction of sp³-hybridized carbons (Fsp3) is 0.263. The summed E-state index contributed by atoms with van der Waals surface area (Å²) in [6, 6.07) is 14.9. The van der Waals surface area contributed by atoms with E-state index in [-0.39, 0.29) is 43.6 Å². The van der Waals surface area contributed by atoms with Crippen LogP contribution in [0, 0.1) is 0 Å². The van der Waals surface area contributed by atoms with Gasteiger partial charge in [-0.1, -0.05) is 40.2 Å². The molecule has 1 aliphatic rings. The van der Waals surface area contributed by atoms with Gasteiger partial charge in [-0.2, -0.15) is 4.31 Å². The van der Waals surface area contributed by atoms with Gasteiger partial charge >= 0.3 is 5.97 Å². The molecule has 0 N–H and O–H groups in total. The zero-order valence-corrected chi connectivity index (χ0v) is 17.4. The van der Waals surface area contributed by atoms with Crippen molar-refractivity contribution < 1.29 is 22.7 Å².